The number of benzene rings is 1. The van der Waals surface area contributed by atoms with Gasteiger partial charge in [-0.15, -0.1) is 0 Å². The lowest BCUT2D eigenvalue weighted by Gasteiger charge is -2.32. The molecule has 0 unspecified atom stereocenters. The monoisotopic (exact) mass is 467 g/mol. The highest BCUT2D eigenvalue weighted by molar-refractivity contribution is 5.90. The van der Waals surface area contributed by atoms with E-state index in [1.54, 1.807) is 26.2 Å². The summed E-state index contributed by atoms with van der Waals surface area (Å²) in [7, 11) is 1.72. The lowest BCUT2D eigenvalue weighted by atomic mass is 10.00. The summed E-state index contributed by atoms with van der Waals surface area (Å²) in [5.74, 6) is 0.227. The van der Waals surface area contributed by atoms with Crippen LogP contribution in [-0.4, -0.2) is 53.9 Å². The molecule has 182 valence electrons. The van der Waals surface area contributed by atoms with Crippen LogP contribution in [0, 0.1) is 11.7 Å². The second-order valence-electron chi connectivity index (χ2n) is 9.55. The van der Waals surface area contributed by atoms with Gasteiger partial charge in [-0.2, -0.15) is 0 Å². The Labute approximate surface area is 200 Å². The largest absolute Gasteiger partial charge is 0.343 e. The highest BCUT2D eigenvalue weighted by Gasteiger charge is 2.36. The van der Waals surface area contributed by atoms with Crippen molar-refractivity contribution in [3.05, 3.63) is 53.5 Å². The molecule has 2 aliphatic rings. The van der Waals surface area contributed by atoms with Crippen LogP contribution in [0.15, 0.2) is 36.5 Å². The summed E-state index contributed by atoms with van der Waals surface area (Å²) in [5, 5.41) is 5.86. The minimum Gasteiger partial charge on any atom is -0.343 e. The Morgan fingerprint density at radius 2 is 1.94 bits per heavy atom. The van der Waals surface area contributed by atoms with Gasteiger partial charge >= 0.3 is 0 Å². The smallest absolute Gasteiger partial charge is 0.245 e. The topological polar surface area (TPSA) is 77.6 Å². The first kappa shape index (κ1) is 24.1. The fourth-order valence-electron chi connectivity index (χ4n) is 4.86. The number of aromatic nitrogens is 1. The van der Waals surface area contributed by atoms with Crippen molar-refractivity contribution in [1.82, 2.24) is 20.5 Å². The van der Waals surface area contributed by atoms with Gasteiger partial charge in [0, 0.05) is 25.0 Å². The van der Waals surface area contributed by atoms with Crippen molar-refractivity contribution in [3.8, 4) is 0 Å². The molecule has 2 aromatic rings. The van der Waals surface area contributed by atoms with Gasteiger partial charge in [-0.05, 0) is 74.5 Å². The van der Waals surface area contributed by atoms with Crippen LogP contribution in [0.5, 0.6) is 0 Å². The zero-order chi connectivity index (χ0) is 24.4. The fourth-order valence-corrected chi connectivity index (χ4v) is 4.86. The molecule has 3 atom stereocenters. The van der Waals surface area contributed by atoms with Gasteiger partial charge in [0.25, 0.3) is 0 Å². The minimum atomic E-state index is -0.585. The van der Waals surface area contributed by atoms with Crippen molar-refractivity contribution in [2.45, 2.75) is 58.2 Å². The van der Waals surface area contributed by atoms with Gasteiger partial charge in [-0.25, -0.2) is 9.37 Å². The second-order valence-corrected chi connectivity index (χ2v) is 9.55. The molecule has 0 radical (unpaired) electrons. The number of hydrogen-bond donors (Lipinski definition) is 2. The Morgan fingerprint density at radius 3 is 2.68 bits per heavy atom. The Bertz CT molecular complexity index is 1060. The van der Waals surface area contributed by atoms with E-state index in [0.29, 0.717) is 6.54 Å². The molecule has 8 heteroatoms. The molecular weight excluding hydrogens is 433 g/mol. The fraction of sp³-hybridized carbons (Fsp3) is 0.500. The third kappa shape index (κ3) is 4.78. The van der Waals surface area contributed by atoms with Gasteiger partial charge in [0.15, 0.2) is 0 Å². The average molecular weight is 468 g/mol. The van der Waals surface area contributed by atoms with E-state index in [1.165, 1.54) is 6.07 Å². The number of pyridine rings is 1. The van der Waals surface area contributed by atoms with Crippen molar-refractivity contribution in [3.63, 3.8) is 0 Å². The van der Waals surface area contributed by atoms with Crippen LogP contribution in [-0.2, 0) is 16.0 Å². The molecule has 3 heterocycles. The molecular formula is C26H34FN5O2. The van der Waals surface area contributed by atoms with Crippen LogP contribution < -0.4 is 15.5 Å². The zero-order valence-corrected chi connectivity index (χ0v) is 20.3. The van der Waals surface area contributed by atoms with Crippen LogP contribution in [0.3, 0.4) is 0 Å². The molecule has 2 aliphatic heterocycles. The molecule has 0 spiro atoms. The molecule has 7 nitrogen and oxygen atoms in total. The second kappa shape index (κ2) is 10.1. The number of nitrogens with zero attached hydrogens (tertiary/aromatic N) is 3. The standard InChI is InChI=1S/C26H34FN5O2/c1-16(2)24(30-25(33)17(3)28-4)26(34)32-12-5-6-21(32)19-9-11-29-23(14-19)31-13-10-18-7-8-20(27)15-22(18)31/h7-9,11,14-17,21,24,28H,5-6,10,12-13H2,1-4H3,(H,30,33)/t17-,21-,24-/m0/s1. The number of halogens is 1. The van der Waals surface area contributed by atoms with E-state index >= 15 is 0 Å². The average Bonchev–Trinajstić information content (AvgIpc) is 3.48. The lowest BCUT2D eigenvalue weighted by molar-refractivity contribution is -0.138. The summed E-state index contributed by atoms with van der Waals surface area (Å²) in [6.07, 6.45) is 4.36. The number of rotatable bonds is 7. The van der Waals surface area contributed by atoms with Crippen LogP contribution in [0.2, 0.25) is 0 Å². The van der Waals surface area contributed by atoms with Crippen molar-refractivity contribution >= 4 is 23.3 Å². The Morgan fingerprint density at radius 1 is 1.15 bits per heavy atom. The summed E-state index contributed by atoms with van der Waals surface area (Å²) in [6.45, 7) is 7.07. The van der Waals surface area contributed by atoms with Crippen molar-refractivity contribution in [2.24, 2.45) is 5.92 Å². The first-order valence-electron chi connectivity index (χ1n) is 12.1. The molecule has 1 aromatic heterocycles. The third-order valence-electron chi connectivity index (χ3n) is 6.97. The molecule has 4 rings (SSSR count). The predicted molar refractivity (Wildman–Crippen MR) is 130 cm³/mol. The number of likely N-dealkylation sites (N-methyl/N-ethyl adjacent to an activating group) is 1. The normalized spacial score (nSPS) is 19.3. The summed E-state index contributed by atoms with van der Waals surface area (Å²) < 4.78 is 13.9. The van der Waals surface area contributed by atoms with Gasteiger partial charge < -0.3 is 20.4 Å². The zero-order valence-electron chi connectivity index (χ0n) is 20.3. The van der Waals surface area contributed by atoms with E-state index in [-0.39, 0.29) is 35.6 Å². The summed E-state index contributed by atoms with van der Waals surface area (Å²) in [5.41, 5.74) is 2.97. The number of fused-ring (bicyclic) bond motifs is 1. The van der Waals surface area contributed by atoms with E-state index in [0.717, 1.165) is 48.4 Å². The van der Waals surface area contributed by atoms with Gasteiger partial charge in [-0.3, -0.25) is 9.59 Å². The summed E-state index contributed by atoms with van der Waals surface area (Å²) in [6, 6.07) is 7.82. The number of carbonyl (C=O) groups is 2. The number of hydrogen-bond acceptors (Lipinski definition) is 5. The molecule has 1 saturated heterocycles. The molecule has 2 amide bonds. The molecule has 0 aliphatic carbocycles. The van der Waals surface area contributed by atoms with Crippen LogP contribution >= 0.6 is 0 Å². The van der Waals surface area contributed by atoms with E-state index in [2.05, 4.69) is 15.6 Å². The number of carbonyl (C=O) groups excluding carboxylic acids is 2. The number of amides is 2. The maximum Gasteiger partial charge on any atom is 0.245 e. The van der Waals surface area contributed by atoms with E-state index in [1.807, 2.05) is 41.8 Å². The maximum atomic E-state index is 13.9. The molecule has 0 saturated carbocycles. The quantitative estimate of drug-likeness (QED) is 0.653. The van der Waals surface area contributed by atoms with Gasteiger partial charge in [0.1, 0.15) is 17.7 Å². The first-order valence-corrected chi connectivity index (χ1v) is 12.1. The maximum absolute atomic E-state index is 13.9. The summed E-state index contributed by atoms with van der Waals surface area (Å²) >= 11 is 0. The number of likely N-dealkylation sites (tertiary alicyclic amines) is 1. The van der Waals surface area contributed by atoms with Gasteiger partial charge in [0.05, 0.1) is 12.1 Å². The predicted octanol–water partition coefficient (Wildman–Crippen LogP) is 3.33. The Balaban J connectivity index is 1.56. The molecule has 0 bridgehead atoms. The first-order chi connectivity index (χ1) is 16.3. The lowest BCUT2D eigenvalue weighted by Crippen LogP contribution is -2.54. The highest BCUT2D eigenvalue weighted by Crippen LogP contribution is 2.37. The van der Waals surface area contributed by atoms with E-state index < -0.39 is 6.04 Å². The molecule has 2 N–H and O–H groups in total. The van der Waals surface area contributed by atoms with Gasteiger partial charge in [-0.1, -0.05) is 19.9 Å². The van der Waals surface area contributed by atoms with Gasteiger partial charge in [0.2, 0.25) is 11.8 Å². The number of nitrogens with one attached hydrogen (secondary N) is 2. The van der Waals surface area contributed by atoms with Crippen molar-refractivity contribution in [1.29, 1.82) is 0 Å². The molecule has 1 fully saturated rings. The Hall–Kier alpha value is -3.00. The SMILES string of the molecule is CN[C@@H](C)C(=O)N[C@H](C(=O)N1CCC[C@H]1c1ccnc(N2CCc3ccc(F)cc32)c1)C(C)C. The van der Waals surface area contributed by atoms with Crippen molar-refractivity contribution < 1.29 is 14.0 Å². The Kier molecular flexibility index (Phi) is 7.16. The highest BCUT2D eigenvalue weighted by atomic mass is 19.1. The molecule has 1 aromatic carbocycles. The van der Waals surface area contributed by atoms with Crippen LogP contribution in [0.1, 0.15) is 50.8 Å². The summed E-state index contributed by atoms with van der Waals surface area (Å²) in [4.78, 5) is 34.6. The van der Waals surface area contributed by atoms with E-state index in [4.69, 9.17) is 0 Å². The van der Waals surface area contributed by atoms with Crippen molar-refractivity contribution in [2.75, 3.05) is 25.0 Å². The molecule has 34 heavy (non-hydrogen) atoms. The van der Waals surface area contributed by atoms with Crippen LogP contribution in [0.25, 0.3) is 0 Å². The van der Waals surface area contributed by atoms with E-state index in [9.17, 15) is 14.0 Å². The third-order valence-corrected chi connectivity index (χ3v) is 6.97. The van der Waals surface area contributed by atoms with Crippen LogP contribution in [0.4, 0.5) is 15.9 Å². The number of anilines is 2. The minimum absolute atomic E-state index is 0.0363.